The van der Waals surface area contributed by atoms with Gasteiger partial charge in [-0.1, -0.05) is 71.1 Å². The Balaban J connectivity index is 2.89. The minimum absolute atomic E-state index is 0.718. The first kappa shape index (κ1) is 18.0. The van der Waals surface area contributed by atoms with Crippen LogP contribution in [-0.4, -0.2) is 6.61 Å². The van der Waals surface area contributed by atoms with E-state index in [1.807, 2.05) is 0 Å². The third kappa shape index (κ3) is 17.0. The van der Waals surface area contributed by atoms with Gasteiger partial charge in [0.1, 0.15) is 0 Å². The molecule has 4 heteroatoms. The summed E-state index contributed by atoms with van der Waals surface area (Å²) in [5, 5.41) is 0. The molecular weight excluding hydrogens is 274 g/mol. The van der Waals surface area contributed by atoms with Crippen LogP contribution in [-0.2, 0) is 4.52 Å². The maximum atomic E-state index is 5.52. The Morgan fingerprint density at radius 3 is 1.53 bits per heavy atom. The van der Waals surface area contributed by atoms with E-state index in [2.05, 4.69) is 6.92 Å². The number of hydrogen-bond acceptors (Lipinski definition) is 1. The Bertz CT molecular complexity index is 145. The van der Waals surface area contributed by atoms with E-state index in [-0.39, 0.29) is 0 Å². The molecule has 0 heterocycles. The lowest BCUT2D eigenvalue weighted by molar-refractivity contribution is 0.347. The number of rotatable bonds is 13. The Hall–Kier alpha value is 0.970. The second-order valence-corrected chi connectivity index (χ2v) is 7.59. The quantitative estimate of drug-likeness (QED) is 0.262. The monoisotopic (exact) mass is 300 g/mol. The van der Waals surface area contributed by atoms with Gasteiger partial charge in [0.15, 0.2) is 0 Å². The largest absolute Gasteiger partial charge is 0.332 e. The van der Waals surface area contributed by atoms with Crippen LogP contribution < -0.4 is 0 Å². The Morgan fingerprint density at radius 2 is 1.12 bits per heavy atom. The lowest BCUT2D eigenvalue weighted by Gasteiger charge is -2.03. The minimum Gasteiger partial charge on any atom is -0.332 e. The fourth-order valence-corrected chi connectivity index (χ4v) is 2.58. The molecule has 0 N–H and O–H groups in total. The molecule has 0 bridgehead atoms. The fourth-order valence-electron chi connectivity index (χ4n) is 1.90. The van der Waals surface area contributed by atoms with Gasteiger partial charge in [-0.25, -0.2) is 0 Å². The molecule has 0 aliphatic rings. The maximum Gasteiger partial charge on any atom is 0.225 e. The van der Waals surface area contributed by atoms with Crippen molar-refractivity contribution in [2.75, 3.05) is 6.61 Å². The van der Waals surface area contributed by atoms with Crippen LogP contribution in [0.3, 0.4) is 0 Å². The summed E-state index contributed by atoms with van der Waals surface area (Å²) in [6.07, 6.45) is 14.8. The Labute approximate surface area is 118 Å². The van der Waals surface area contributed by atoms with Crippen molar-refractivity contribution in [2.45, 2.75) is 77.6 Å². The molecule has 104 valence electrons. The van der Waals surface area contributed by atoms with E-state index in [4.69, 9.17) is 27.0 Å². The van der Waals surface area contributed by atoms with Crippen LogP contribution in [0.2, 0.25) is 0 Å². The van der Waals surface area contributed by atoms with Gasteiger partial charge in [0.25, 0.3) is 0 Å². The van der Waals surface area contributed by atoms with Crippen molar-refractivity contribution in [3.05, 3.63) is 0 Å². The third-order valence-corrected chi connectivity index (χ3v) is 3.90. The van der Waals surface area contributed by atoms with E-state index in [1.54, 1.807) is 0 Å². The molecule has 17 heavy (non-hydrogen) atoms. The molecule has 0 aromatic carbocycles. The van der Waals surface area contributed by atoms with Crippen molar-refractivity contribution in [2.24, 2.45) is 0 Å². The molecule has 0 rings (SSSR count). The average Bonchev–Trinajstić information content (AvgIpc) is 2.30. The van der Waals surface area contributed by atoms with E-state index in [0.29, 0.717) is 0 Å². The Morgan fingerprint density at radius 1 is 0.706 bits per heavy atom. The van der Waals surface area contributed by atoms with E-state index < -0.39 is 6.85 Å². The highest BCUT2D eigenvalue weighted by molar-refractivity contribution is 8.00. The number of hydrogen-bond donors (Lipinski definition) is 0. The topological polar surface area (TPSA) is 9.23 Å². The molecule has 0 fully saturated rings. The zero-order valence-corrected chi connectivity index (χ0v) is 13.5. The molecule has 0 aliphatic carbocycles. The van der Waals surface area contributed by atoms with Crippen LogP contribution in [0, 0.1) is 0 Å². The molecule has 0 aromatic rings. The molecule has 0 atom stereocenters. The Kier molecular flexibility index (Phi) is 15.9. The molecule has 0 unspecified atom stereocenters. The van der Waals surface area contributed by atoms with Crippen LogP contribution in [0.5, 0.6) is 0 Å². The van der Waals surface area contributed by atoms with Gasteiger partial charge in [0, 0.05) is 0 Å². The van der Waals surface area contributed by atoms with E-state index >= 15 is 0 Å². The van der Waals surface area contributed by atoms with Gasteiger partial charge in [0.05, 0.1) is 6.61 Å². The highest BCUT2D eigenvalue weighted by Gasteiger charge is 1.98. The first-order valence-corrected chi connectivity index (χ1v) is 10.1. The lowest BCUT2D eigenvalue weighted by atomic mass is 10.1. The van der Waals surface area contributed by atoms with E-state index in [1.165, 1.54) is 64.2 Å². The highest BCUT2D eigenvalue weighted by atomic mass is 35.9. The van der Waals surface area contributed by atoms with Crippen LogP contribution in [0.15, 0.2) is 0 Å². The summed E-state index contributed by atoms with van der Waals surface area (Å²) in [4.78, 5) is 0. The number of halogens is 2. The molecule has 1 nitrogen and oxygen atoms in total. The van der Waals surface area contributed by atoms with Crippen molar-refractivity contribution >= 4 is 29.3 Å². The van der Waals surface area contributed by atoms with Crippen molar-refractivity contribution < 1.29 is 4.52 Å². The second-order valence-electron chi connectivity index (χ2n) is 4.57. The van der Waals surface area contributed by atoms with Gasteiger partial charge in [-0.3, -0.25) is 0 Å². The average molecular weight is 301 g/mol. The molecule has 0 aliphatic heterocycles. The third-order valence-electron chi connectivity index (χ3n) is 2.94. The summed E-state index contributed by atoms with van der Waals surface area (Å²) in [5.74, 6) is 0. The normalized spacial score (nSPS) is 11.3. The minimum atomic E-state index is -1.19. The van der Waals surface area contributed by atoms with Crippen LogP contribution >= 0.6 is 29.3 Å². The summed E-state index contributed by atoms with van der Waals surface area (Å²) in [5.41, 5.74) is 0. The van der Waals surface area contributed by atoms with Gasteiger partial charge in [0.2, 0.25) is 6.85 Å². The smallest absolute Gasteiger partial charge is 0.225 e. The molecule has 0 aromatic heterocycles. The van der Waals surface area contributed by atoms with Crippen molar-refractivity contribution in [1.29, 1.82) is 0 Å². The SMILES string of the molecule is CCCCCCCCCCCCCOP(Cl)Cl. The van der Waals surface area contributed by atoms with Crippen LogP contribution in [0.4, 0.5) is 0 Å². The summed E-state index contributed by atoms with van der Waals surface area (Å²) < 4.78 is 5.12. The van der Waals surface area contributed by atoms with Crippen molar-refractivity contribution in [3.8, 4) is 0 Å². The summed E-state index contributed by atoms with van der Waals surface area (Å²) >= 11 is 11.0. The number of unbranched alkanes of at least 4 members (excludes halogenated alkanes) is 10. The van der Waals surface area contributed by atoms with Crippen molar-refractivity contribution in [3.63, 3.8) is 0 Å². The summed E-state index contributed by atoms with van der Waals surface area (Å²) in [7, 11) is 0. The van der Waals surface area contributed by atoms with Crippen LogP contribution in [0.1, 0.15) is 77.6 Å². The first-order valence-electron chi connectivity index (χ1n) is 7.02. The lowest BCUT2D eigenvalue weighted by Crippen LogP contribution is -1.87. The van der Waals surface area contributed by atoms with Gasteiger partial charge >= 0.3 is 0 Å². The van der Waals surface area contributed by atoms with E-state index in [9.17, 15) is 0 Å². The van der Waals surface area contributed by atoms with Gasteiger partial charge in [-0.05, 0) is 28.9 Å². The zero-order chi connectivity index (χ0) is 12.8. The molecular formula is C13H27Cl2OP. The van der Waals surface area contributed by atoms with Gasteiger partial charge in [-0.15, -0.1) is 0 Å². The molecule has 0 spiro atoms. The first-order chi connectivity index (χ1) is 8.27. The predicted molar refractivity (Wildman–Crippen MR) is 81.0 cm³/mol. The van der Waals surface area contributed by atoms with Gasteiger partial charge < -0.3 is 4.52 Å². The maximum absolute atomic E-state index is 5.52. The van der Waals surface area contributed by atoms with Crippen molar-refractivity contribution in [1.82, 2.24) is 0 Å². The van der Waals surface area contributed by atoms with E-state index in [0.717, 1.165) is 13.0 Å². The molecule has 0 saturated heterocycles. The standard InChI is InChI=1S/C13H27Cl2OP/c1-2-3-4-5-6-7-8-9-10-11-12-13-16-17(14)15/h2-13H2,1H3. The fraction of sp³-hybridized carbons (Fsp3) is 1.00. The van der Waals surface area contributed by atoms with Crippen LogP contribution in [0.25, 0.3) is 0 Å². The predicted octanol–water partition coefficient (Wildman–Crippen LogP) is 7.02. The molecule has 0 amide bonds. The zero-order valence-electron chi connectivity index (χ0n) is 11.1. The summed E-state index contributed by atoms with van der Waals surface area (Å²) in [6.45, 7) is 1.79. The molecule has 0 saturated carbocycles. The molecule has 0 radical (unpaired) electrons. The highest BCUT2D eigenvalue weighted by Crippen LogP contribution is 2.47. The second kappa shape index (κ2) is 15.0. The van der Waals surface area contributed by atoms with Gasteiger partial charge in [-0.2, -0.15) is 0 Å². The summed E-state index contributed by atoms with van der Waals surface area (Å²) in [6, 6.07) is 0.